The van der Waals surface area contributed by atoms with Crippen LogP contribution in [0.15, 0.2) is 59.2 Å². The van der Waals surface area contributed by atoms with Gasteiger partial charge >= 0.3 is 0 Å². The molecule has 0 bridgehead atoms. The highest BCUT2D eigenvalue weighted by Gasteiger charge is 2.15. The summed E-state index contributed by atoms with van der Waals surface area (Å²) < 4.78 is 6.65. The Labute approximate surface area is 128 Å². The lowest BCUT2D eigenvalue weighted by Gasteiger charge is -2.09. The first-order chi connectivity index (χ1) is 10.2. The number of nitro groups is 1. The van der Waals surface area contributed by atoms with Crippen molar-refractivity contribution in [3.63, 3.8) is 0 Å². The molecule has 0 radical (unpaired) electrons. The zero-order chi connectivity index (χ0) is 14.8. The number of non-ortho nitro benzene ring substituents is 1. The molecule has 1 aromatic heterocycles. The van der Waals surface area contributed by atoms with E-state index in [9.17, 15) is 10.1 Å². The third-order valence-electron chi connectivity index (χ3n) is 2.96. The SMILES string of the molecule is O=[N+]([O-])c1cccc2c(Oc3ccccc3Br)ccnc12. The van der Waals surface area contributed by atoms with Gasteiger partial charge in [-0.1, -0.05) is 18.2 Å². The summed E-state index contributed by atoms with van der Waals surface area (Å²) >= 11 is 3.41. The molecular weight excluding hydrogens is 336 g/mol. The van der Waals surface area contributed by atoms with Gasteiger partial charge in [-0.15, -0.1) is 0 Å². The summed E-state index contributed by atoms with van der Waals surface area (Å²) in [6.45, 7) is 0. The van der Waals surface area contributed by atoms with E-state index >= 15 is 0 Å². The Hall–Kier alpha value is -2.47. The van der Waals surface area contributed by atoms with Gasteiger partial charge in [-0.3, -0.25) is 10.1 Å². The predicted molar refractivity (Wildman–Crippen MR) is 82.6 cm³/mol. The lowest BCUT2D eigenvalue weighted by Crippen LogP contribution is -1.93. The second-order valence-electron chi connectivity index (χ2n) is 4.27. The highest BCUT2D eigenvalue weighted by molar-refractivity contribution is 9.10. The van der Waals surface area contributed by atoms with E-state index < -0.39 is 4.92 Å². The molecule has 0 aliphatic rings. The van der Waals surface area contributed by atoms with Gasteiger partial charge in [-0.2, -0.15) is 0 Å². The number of hydrogen-bond donors (Lipinski definition) is 0. The fraction of sp³-hybridized carbons (Fsp3) is 0. The fourth-order valence-electron chi connectivity index (χ4n) is 2.02. The van der Waals surface area contributed by atoms with Crippen molar-refractivity contribution in [1.82, 2.24) is 4.98 Å². The van der Waals surface area contributed by atoms with E-state index in [1.165, 1.54) is 12.3 Å². The number of nitro benzene ring substituents is 1. The van der Waals surface area contributed by atoms with Crippen LogP contribution in [0, 0.1) is 10.1 Å². The molecule has 6 heteroatoms. The van der Waals surface area contributed by atoms with Crippen LogP contribution in [0.5, 0.6) is 11.5 Å². The highest BCUT2D eigenvalue weighted by Crippen LogP contribution is 2.35. The van der Waals surface area contributed by atoms with Crippen molar-refractivity contribution in [2.75, 3.05) is 0 Å². The van der Waals surface area contributed by atoms with E-state index in [-0.39, 0.29) is 5.69 Å². The number of hydrogen-bond acceptors (Lipinski definition) is 4. The van der Waals surface area contributed by atoms with E-state index in [0.717, 1.165) is 4.47 Å². The predicted octanol–water partition coefficient (Wildman–Crippen LogP) is 4.70. The standard InChI is InChI=1S/C15H9BrN2O3/c16-11-5-1-2-7-14(11)21-13-8-9-17-15-10(13)4-3-6-12(15)18(19)20/h1-9H. The summed E-state index contributed by atoms with van der Waals surface area (Å²) in [5.41, 5.74) is 0.275. The van der Waals surface area contributed by atoms with Gasteiger partial charge in [0, 0.05) is 12.3 Å². The van der Waals surface area contributed by atoms with Crippen LogP contribution < -0.4 is 4.74 Å². The molecule has 0 N–H and O–H groups in total. The van der Waals surface area contributed by atoms with E-state index in [0.29, 0.717) is 22.4 Å². The molecule has 0 spiro atoms. The summed E-state index contributed by atoms with van der Waals surface area (Å²) in [5.74, 6) is 1.16. The minimum absolute atomic E-state index is 0.0370. The molecule has 3 aromatic rings. The third kappa shape index (κ3) is 2.57. The van der Waals surface area contributed by atoms with Crippen molar-refractivity contribution < 1.29 is 9.66 Å². The van der Waals surface area contributed by atoms with E-state index in [1.807, 2.05) is 24.3 Å². The number of ether oxygens (including phenoxy) is 1. The summed E-state index contributed by atoms with van der Waals surface area (Å²) in [6.07, 6.45) is 1.50. The van der Waals surface area contributed by atoms with Gasteiger partial charge in [0.15, 0.2) is 5.52 Å². The Morgan fingerprint density at radius 3 is 2.62 bits per heavy atom. The molecule has 0 atom stereocenters. The van der Waals surface area contributed by atoms with Gasteiger partial charge in [-0.25, -0.2) is 4.98 Å². The maximum absolute atomic E-state index is 11.1. The summed E-state index contributed by atoms with van der Waals surface area (Å²) in [5, 5.41) is 11.7. The normalized spacial score (nSPS) is 10.5. The lowest BCUT2D eigenvalue weighted by atomic mass is 10.2. The Kier molecular flexibility index (Phi) is 3.53. The number of benzene rings is 2. The molecule has 3 rings (SSSR count). The summed E-state index contributed by atoms with van der Waals surface area (Å²) in [7, 11) is 0. The fourth-order valence-corrected chi connectivity index (χ4v) is 2.38. The van der Waals surface area contributed by atoms with Gasteiger partial charge < -0.3 is 4.74 Å². The molecule has 0 fully saturated rings. The number of fused-ring (bicyclic) bond motifs is 1. The zero-order valence-electron chi connectivity index (χ0n) is 10.7. The van der Waals surface area contributed by atoms with Crippen molar-refractivity contribution >= 4 is 32.5 Å². The molecule has 0 aliphatic carbocycles. The Morgan fingerprint density at radius 2 is 1.86 bits per heavy atom. The van der Waals surface area contributed by atoms with Crippen molar-refractivity contribution in [1.29, 1.82) is 0 Å². The molecule has 21 heavy (non-hydrogen) atoms. The second-order valence-corrected chi connectivity index (χ2v) is 5.13. The van der Waals surface area contributed by atoms with Gasteiger partial charge in [0.1, 0.15) is 11.5 Å². The van der Waals surface area contributed by atoms with Gasteiger partial charge in [-0.05, 0) is 40.2 Å². The van der Waals surface area contributed by atoms with E-state index in [2.05, 4.69) is 20.9 Å². The van der Waals surface area contributed by atoms with Crippen LogP contribution in [0.1, 0.15) is 0 Å². The Morgan fingerprint density at radius 1 is 1.05 bits per heavy atom. The number of halogens is 1. The molecule has 0 amide bonds. The highest BCUT2D eigenvalue weighted by atomic mass is 79.9. The molecule has 0 saturated carbocycles. The van der Waals surface area contributed by atoms with Crippen molar-refractivity contribution in [2.45, 2.75) is 0 Å². The molecule has 5 nitrogen and oxygen atoms in total. The maximum Gasteiger partial charge on any atom is 0.295 e. The average molecular weight is 345 g/mol. The Balaban J connectivity index is 2.14. The molecular formula is C15H9BrN2O3. The first kappa shape index (κ1) is 13.5. The van der Waals surface area contributed by atoms with Crippen LogP contribution in [0.25, 0.3) is 10.9 Å². The first-order valence-corrected chi connectivity index (χ1v) is 6.90. The minimum atomic E-state index is -0.447. The largest absolute Gasteiger partial charge is 0.455 e. The number of pyridine rings is 1. The van der Waals surface area contributed by atoms with Crippen molar-refractivity contribution in [2.24, 2.45) is 0 Å². The number of para-hydroxylation sites is 2. The molecule has 104 valence electrons. The quantitative estimate of drug-likeness (QED) is 0.510. The van der Waals surface area contributed by atoms with Crippen molar-refractivity contribution in [3.05, 3.63) is 69.3 Å². The van der Waals surface area contributed by atoms with Crippen LogP contribution in [-0.4, -0.2) is 9.91 Å². The maximum atomic E-state index is 11.1. The average Bonchev–Trinajstić information content (AvgIpc) is 2.49. The smallest absolute Gasteiger partial charge is 0.295 e. The lowest BCUT2D eigenvalue weighted by molar-refractivity contribution is -0.383. The summed E-state index contributed by atoms with van der Waals surface area (Å²) in [6, 6.07) is 13.9. The van der Waals surface area contributed by atoms with Crippen LogP contribution in [0.2, 0.25) is 0 Å². The van der Waals surface area contributed by atoms with E-state index in [1.54, 1.807) is 18.2 Å². The van der Waals surface area contributed by atoms with Gasteiger partial charge in [0.05, 0.1) is 14.8 Å². The molecule has 0 aliphatic heterocycles. The topological polar surface area (TPSA) is 65.3 Å². The van der Waals surface area contributed by atoms with Crippen LogP contribution in [0.3, 0.4) is 0 Å². The second kappa shape index (κ2) is 5.49. The van der Waals surface area contributed by atoms with Gasteiger partial charge in [0.2, 0.25) is 0 Å². The van der Waals surface area contributed by atoms with Crippen molar-refractivity contribution in [3.8, 4) is 11.5 Å². The molecule has 1 heterocycles. The van der Waals surface area contributed by atoms with E-state index in [4.69, 9.17) is 4.74 Å². The molecule has 0 saturated heterocycles. The van der Waals surface area contributed by atoms with Crippen LogP contribution >= 0.6 is 15.9 Å². The zero-order valence-corrected chi connectivity index (χ0v) is 12.3. The molecule has 0 unspecified atom stereocenters. The van der Waals surface area contributed by atoms with Crippen LogP contribution in [-0.2, 0) is 0 Å². The number of nitrogens with zero attached hydrogens (tertiary/aromatic N) is 2. The Bertz CT molecular complexity index is 836. The number of aromatic nitrogens is 1. The minimum Gasteiger partial charge on any atom is -0.455 e. The number of rotatable bonds is 3. The third-order valence-corrected chi connectivity index (χ3v) is 3.62. The van der Waals surface area contributed by atoms with Crippen LogP contribution in [0.4, 0.5) is 5.69 Å². The molecule has 2 aromatic carbocycles. The van der Waals surface area contributed by atoms with Gasteiger partial charge in [0.25, 0.3) is 5.69 Å². The first-order valence-electron chi connectivity index (χ1n) is 6.11. The monoisotopic (exact) mass is 344 g/mol. The summed E-state index contributed by atoms with van der Waals surface area (Å²) in [4.78, 5) is 14.7.